The Balaban J connectivity index is 2.54. The highest BCUT2D eigenvalue weighted by Gasteiger charge is 2.21. The van der Waals surface area contributed by atoms with E-state index in [0.29, 0.717) is 12.0 Å². The van der Waals surface area contributed by atoms with Crippen LogP contribution in [-0.4, -0.2) is 22.2 Å². The van der Waals surface area contributed by atoms with Crippen molar-refractivity contribution in [2.45, 2.75) is 72.1 Å². The number of unbranched alkanes of at least 4 members (excludes halogenated alkanes) is 5. The first-order chi connectivity index (χ1) is 11.3. The zero-order chi connectivity index (χ0) is 18.1. The minimum absolute atomic E-state index is 0.0422. The molecule has 0 saturated heterocycles. The van der Waals surface area contributed by atoms with Crippen molar-refractivity contribution in [3.8, 4) is 0 Å². The molecule has 24 heavy (non-hydrogen) atoms. The SMILES string of the molecule is Cc1ccc(C(=O)O)c(C(=O)O)c1CCCCCCCCC(C)C. The Kier molecular flexibility index (Phi) is 8.51. The summed E-state index contributed by atoms with van der Waals surface area (Å²) in [6.45, 7) is 6.33. The van der Waals surface area contributed by atoms with E-state index in [1.165, 1.54) is 31.7 Å². The Morgan fingerprint density at radius 2 is 1.50 bits per heavy atom. The van der Waals surface area contributed by atoms with Crippen LogP contribution in [-0.2, 0) is 6.42 Å². The number of hydrogen-bond acceptors (Lipinski definition) is 2. The number of carboxylic acid groups (broad SMARTS) is 2. The van der Waals surface area contributed by atoms with Gasteiger partial charge in [0.25, 0.3) is 0 Å². The number of hydrogen-bond donors (Lipinski definition) is 2. The third kappa shape index (κ3) is 6.34. The van der Waals surface area contributed by atoms with Crippen LogP contribution in [0.15, 0.2) is 12.1 Å². The summed E-state index contributed by atoms with van der Waals surface area (Å²) in [5.41, 5.74) is 1.37. The van der Waals surface area contributed by atoms with Crippen molar-refractivity contribution < 1.29 is 19.8 Å². The predicted molar refractivity (Wildman–Crippen MR) is 96.0 cm³/mol. The number of rotatable bonds is 11. The third-order valence-corrected chi connectivity index (χ3v) is 4.45. The Morgan fingerprint density at radius 3 is 2.04 bits per heavy atom. The van der Waals surface area contributed by atoms with Crippen LogP contribution in [0.3, 0.4) is 0 Å². The van der Waals surface area contributed by atoms with Gasteiger partial charge >= 0.3 is 11.9 Å². The van der Waals surface area contributed by atoms with E-state index in [4.69, 9.17) is 0 Å². The highest BCUT2D eigenvalue weighted by atomic mass is 16.4. The van der Waals surface area contributed by atoms with Gasteiger partial charge < -0.3 is 10.2 Å². The zero-order valence-electron chi connectivity index (χ0n) is 15.1. The number of carboxylic acids is 2. The molecule has 0 radical (unpaired) electrons. The quantitative estimate of drug-likeness (QED) is 0.537. The molecular formula is C20H30O4. The van der Waals surface area contributed by atoms with Gasteiger partial charge in [-0.1, -0.05) is 58.4 Å². The van der Waals surface area contributed by atoms with Crippen molar-refractivity contribution in [2.75, 3.05) is 0 Å². The average Bonchev–Trinajstić information content (AvgIpc) is 2.50. The van der Waals surface area contributed by atoms with Crippen LogP contribution in [0.1, 0.15) is 90.6 Å². The molecule has 0 heterocycles. The predicted octanol–water partition coefficient (Wildman–Crippen LogP) is 5.32. The van der Waals surface area contributed by atoms with Gasteiger partial charge in [-0.15, -0.1) is 0 Å². The van der Waals surface area contributed by atoms with Crippen LogP contribution in [0.5, 0.6) is 0 Å². The summed E-state index contributed by atoms with van der Waals surface area (Å²) in [5, 5.41) is 18.6. The molecule has 1 rings (SSSR count). The number of aryl methyl sites for hydroxylation is 1. The molecule has 0 fully saturated rings. The molecule has 0 saturated carbocycles. The number of benzene rings is 1. The van der Waals surface area contributed by atoms with E-state index in [1.54, 1.807) is 6.07 Å². The summed E-state index contributed by atoms with van der Waals surface area (Å²) in [6, 6.07) is 3.09. The van der Waals surface area contributed by atoms with E-state index >= 15 is 0 Å². The monoisotopic (exact) mass is 334 g/mol. The summed E-state index contributed by atoms with van der Waals surface area (Å²) in [6.07, 6.45) is 8.76. The summed E-state index contributed by atoms with van der Waals surface area (Å²) in [7, 11) is 0. The maximum Gasteiger partial charge on any atom is 0.336 e. The standard InChI is InChI=1S/C20H30O4/c1-14(2)10-8-6-4-5-7-9-11-16-15(3)12-13-17(19(21)22)18(16)20(23)24/h12-14H,4-11H2,1-3H3,(H,21,22)(H,23,24). The maximum atomic E-state index is 11.5. The lowest BCUT2D eigenvalue weighted by Crippen LogP contribution is -2.13. The first-order valence-electron chi connectivity index (χ1n) is 8.93. The zero-order valence-corrected chi connectivity index (χ0v) is 15.1. The molecule has 134 valence electrons. The third-order valence-electron chi connectivity index (χ3n) is 4.45. The van der Waals surface area contributed by atoms with Gasteiger partial charge in [-0.05, 0) is 42.9 Å². The van der Waals surface area contributed by atoms with Crippen molar-refractivity contribution in [1.82, 2.24) is 0 Å². The lowest BCUT2D eigenvalue weighted by Gasteiger charge is -2.12. The summed E-state index contributed by atoms with van der Waals surface area (Å²) in [5.74, 6) is -1.57. The molecule has 0 aliphatic carbocycles. The van der Waals surface area contributed by atoms with Crippen LogP contribution >= 0.6 is 0 Å². The van der Waals surface area contributed by atoms with Crippen LogP contribution in [0, 0.1) is 12.8 Å². The van der Waals surface area contributed by atoms with Gasteiger partial charge in [0, 0.05) is 0 Å². The number of carbonyl (C=O) groups is 2. The van der Waals surface area contributed by atoms with E-state index in [2.05, 4.69) is 13.8 Å². The van der Waals surface area contributed by atoms with Crippen molar-refractivity contribution >= 4 is 11.9 Å². The lowest BCUT2D eigenvalue weighted by molar-refractivity contribution is 0.0650. The Hall–Kier alpha value is -1.84. The van der Waals surface area contributed by atoms with Crippen molar-refractivity contribution in [3.63, 3.8) is 0 Å². The van der Waals surface area contributed by atoms with Gasteiger partial charge in [-0.2, -0.15) is 0 Å². The van der Waals surface area contributed by atoms with Gasteiger partial charge in [0.15, 0.2) is 0 Å². The molecule has 0 amide bonds. The van der Waals surface area contributed by atoms with Crippen molar-refractivity contribution in [2.24, 2.45) is 5.92 Å². The molecule has 0 aromatic heterocycles. The van der Waals surface area contributed by atoms with E-state index < -0.39 is 11.9 Å². The normalized spacial score (nSPS) is 11.0. The second-order valence-electron chi connectivity index (χ2n) is 6.95. The van der Waals surface area contributed by atoms with Crippen LogP contribution in [0.25, 0.3) is 0 Å². The molecule has 0 aliphatic heterocycles. The average molecular weight is 334 g/mol. The van der Waals surface area contributed by atoms with Gasteiger partial charge in [0.05, 0.1) is 11.1 Å². The van der Waals surface area contributed by atoms with E-state index in [-0.39, 0.29) is 11.1 Å². The first kappa shape index (κ1) is 20.2. The Morgan fingerprint density at radius 1 is 0.917 bits per heavy atom. The second-order valence-corrected chi connectivity index (χ2v) is 6.95. The lowest BCUT2D eigenvalue weighted by atomic mass is 9.92. The molecule has 1 aromatic carbocycles. The first-order valence-corrected chi connectivity index (χ1v) is 8.93. The second kappa shape index (κ2) is 10.1. The highest BCUT2D eigenvalue weighted by Crippen LogP contribution is 2.22. The fourth-order valence-corrected chi connectivity index (χ4v) is 3.06. The van der Waals surface area contributed by atoms with E-state index in [0.717, 1.165) is 30.7 Å². The minimum Gasteiger partial charge on any atom is -0.478 e. The molecule has 0 bridgehead atoms. The molecule has 0 spiro atoms. The van der Waals surface area contributed by atoms with E-state index in [1.807, 2.05) is 6.92 Å². The fourth-order valence-electron chi connectivity index (χ4n) is 3.06. The highest BCUT2D eigenvalue weighted by molar-refractivity contribution is 6.03. The van der Waals surface area contributed by atoms with Crippen molar-refractivity contribution in [1.29, 1.82) is 0 Å². The van der Waals surface area contributed by atoms with E-state index in [9.17, 15) is 19.8 Å². The summed E-state index contributed by atoms with van der Waals surface area (Å²) < 4.78 is 0. The molecule has 4 nitrogen and oxygen atoms in total. The van der Waals surface area contributed by atoms with Crippen LogP contribution < -0.4 is 0 Å². The summed E-state index contributed by atoms with van der Waals surface area (Å²) in [4.78, 5) is 22.7. The molecule has 0 unspecified atom stereocenters. The minimum atomic E-state index is -1.18. The largest absolute Gasteiger partial charge is 0.478 e. The molecular weight excluding hydrogens is 304 g/mol. The molecule has 0 aliphatic rings. The molecule has 0 atom stereocenters. The smallest absolute Gasteiger partial charge is 0.336 e. The molecule has 1 aromatic rings. The summed E-state index contributed by atoms with van der Waals surface area (Å²) >= 11 is 0. The van der Waals surface area contributed by atoms with Crippen LogP contribution in [0.2, 0.25) is 0 Å². The van der Waals surface area contributed by atoms with Gasteiger partial charge in [0.2, 0.25) is 0 Å². The maximum absolute atomic E-state index is 11.5. The molecule has 2 N–H and O–H groups in total. The molecule has 4 heteroatoms. The fraction of sp³-hybridized carbons (Fsp3) is 0.600. The number of aromatic carboxylic acids is 2. The van der Waals surface area contributed by atoms with Crippen LogP contribution in [0.4, 0.5) is 0 Å². The van der Waals surface area contributed by atoms with Gasteiger partial charge in [0.1, 0.15) is 0 Å². The topological polar surface area (TPSA) is 74.6 Å². The van der Waals surface area contributed by atoms with Crippen molar-refractivity contribution in [3.05, 3.63) is 34.4 Å². The van der Waals surface area contributed by atoms with Gasteiger partial charge in [-0.25, -0.2) is 9.59 Å². The Bertz CT molecular complexity index is 561. The Labute approximate surface area is 144 Å². The van der Waals surface area contributed by atoms with Gasteiger partial charge in [-0.3, -0.25) is 0 Å².